The van der Waals surface area contributed by atoms with Crippen molar-refractivity contribution in [1.29, 1.82) is 0 Å². The van der Waals surface area contributed by atoms with Crippen molar-refractivity contribution in [1.82, 2.24) is 15.1 Å². The maximum Gasteiger partial charge on any atom is 0.272 e. The quantitative estimate of drug-likeness (QED) is 0.638. The molecule has 22 heavy (non-hydrogen) atoms. The van der Waals surface area contributed by atoms with Gasteiger partial charge in [-0.25, -0.2) is 14.7 Å². The average molecular weight is 319 g/mol. The number of amidine groups is 1. The standard InChI is InChI=1S/C15H21N5OS/c1-16-14(22-3)18-12-10-11(19-20(12)2)13(21)17-9-15(10)7-5-4-6-8-15/h1,4-9H2,2-3H3,(H,17,21)/b18-14+. The minimum Gasteiger partial charge on any atom is -0.350 e. The number of amides is 1. The molecule has 2 aliphatic rings. The van der Waals surface area contributed by atoms with Gasteiger partial charge in [-0.1, -0.05) is 31.0 Å². The Kier molecular flexibility index (Phi) is 4.08. The maximum absolute atomic E-state index is 12.2. The highest BCUT2D eigenvalue weighted by molar-refractivity contribution is 8.13. The number of nitrogens with zero attached hydrogens (tertiary/aromatic N) is 4. The lowest BCUT2D eigenvalue weighted by atomic mass is 9.67. The van der Waals surface area contributed by atoms with Crippen LogP contribution in [0.4, 0.5) is 5.82 Å². The zero-order valence-corrected chi connectivity index (χ0v) is 13.9. The summed E-state index contributed by atoms with van der Waals surface area (Å²) in [6.07, 6.45) is 7.69. The molecule has 1 aliphatic heterocycles. The van der Waals surface area contributed by atoms with Crippen LogP contribution < -0.4 is 5.32 Å². The van der Waals surface area contributed by atoms with Crippen LogP contribution in [0.15, 0.2) is 9.98 Å². The van der Waals surface area contributed by atoms with Crippen molar-refractivity contribution >= 4 is 35.4 Å². The van der Waals surface area contributed by atoms with E-state index in [2.05, 4.69) is 27.1 Å². The molecule has 0 bridgehead atoms. The fourth-order valence-electron chi connectivity index (χ4n) is 3.60. The van der Waals surface area contributed by atoms with Gasteiger partial charge in [0.2, 0.25) is 0 Å². The van der Waals surface area contributed by atoms with Gasteiger partial charge in [-0.05, 0) is 25.8 Å². The van der Waals surface area contributed by atoms with E-state index >= 15 is 0 Å². The molecule has 1 amide bonds. The number of hydrogen-bond donors (Lipinski definition) is 1. The molecule has 0 unspecified atom stereocenters. The maximum atomic E-state index is 12.2. The molecule has 0 radical (unpaired) electrons. The Labute approximate surface area is 134 Å². The molecular weight excluding hydrogens is 298 g/mol. The summed E-state index contributed by atoms with van der Waals surface area (Å²) in [5.41, 5.74) is 1.51. The van der Waals surface area contributed by atoms with Gasteiger partial charge in [0.1, 0.15) is 0 Å². The van der Waals surface area contributed by atoms with Gasteiger partial charge in [0.05, 0.1) is 0 Å². The van der Waals surface area contributed by atoms with Gasteiger partial charge < -0.3 is 5.32 Å². The average Bonchev–Trinajstić information content (AvgIpc) is 2.88. The molecule has 6 nitrogen and oxygen atoms in total. The third-order valence-corrected chi connectivity index (χ3v) is 5.27. The van der Waals surface area contributed by atoms with Crippen molar-refractivity contribution in [3.05, 3.63) is 11.3 Å². The lowest BCUT2D eigenvalue weighted by Gasteiger charge is -2.40. The van der Waals surface area contributed by atoms with Crippen LogP contribution in [0, 0.1) is 0 Å². The first-order chi connectivity index (χ1) is 10.6. The second-order valence-corrected chi connectivity index (χ2v) is 6.72. The Hall–Kier alpha value is -1.63. The summed E-state index contributed by atoms with van der Waals surface area (Å²) in [7, 11) is 1.84. The molecule has 1 aliphatic carbocycles. The number of rotatable bonds is 1. The Morgan fingerprint density at radius 3 is 2.77 bits per heavy atom. The molecule has 0 saturated heterocycles. The second-order valence-electron chi connectivity index (χ2n) is 5.95. The van der Waals surface area contributed by atoms with E-state index in [-0.39, 0.29) is 11.3 Å². The first kappa shape index (κ1) is 15.3. The van der Waals surface area contributed by atoms with Gasteiger partial charge in [0.25, 0.3) is 5.91 Å². The third kappa shape index (κ3) is 2.37. The van der Waals surface area contributed by atoms with Gasteiger partial charge >= 0.3 is 0 Å². The highest BCUT2D eigenvalue weighted by Crippen LogP contribution is 2.46. The van der Waals surface area contributed by atoms with E-state index in [9.17, 15) is 4.79 Å². The smallest absolute Gasteiger partial charge is 0.272 e. The number of carbonyl (C=O) groups excluding carboxylic acids is 1. The number of aliphatic imine (C=N–C) groups is 2. The summed E-state index contributed by atoms with van der Waals surface area (Å²) in [5.74, 6) is 0.656. The molecule has 1 saturated carbocycles. The highest BCUT2D eigenvalue weighted by Gasteiger charge is 2.44. The topological polar surface area (TPSA) is 71.6 Å². The normalized spacial score (nSPS) is 20.6. The summed E-state index contributed by atoms with van der Waals surface area (Å²) in [4.78, 5) is 20.8. The molecule has 1 aromatic heterocycles. The van der Waals surface area contributed by atoms with Crippen molar-refractivity contribution < 1.29 is 4.79 Å². The van der Waals surface area contributed by atoms with Gasteiger partial charge in [0, 0.05) is 24.6 Å². The summed E-state index contributed by atoms with van der Waals surface area (Å²) in [5, 5.41) is 8.05. The fraction of sp³-hybridized carbons (Fsp3) is 0.600. The second kappa shape index (κ2) is 5.87. The van der Waals surface area contributed by atoms with E-state index in [1.54, 1.807) is 4.68 Å². The third-order valence-electron chi connectivity index (χ3n) is 4.68. The molecular formula is C15H21N5OS. The number of aryl methyl sites for hydroxylation is 1. The van der Waals surface area contributed by atoms with Gasteiger partial charge in [-0.3, -0.25) is 4.79 Å². The highest BCUT2D eigenvalue weighted by atomic mass is 32.2. The molecule has 1 aromatic rings. The first-order valence-electron chi connectivity index (χ1n) is 7.56. The minimum absolute atomic E-state index is 0.0285. The lowest BCUT2D eigenvalue weighted by molar-refractivity contribution is 0.0907. The van der Waals surface area contributed by atoms with Gasteiger partial charge in [-0.2, -0.15) is 5.10 Å². The molecule has 1 N–H and O–H groups in total. The number of nitrogens with one attached hydrogen (secondary N) is 1. The Balaban J connectivity index is 2.18. The van der Waals surface area contributed by atoms with Crippen molar-refractivity contribution in [2.45, 2.75) is 37.5 Å². The molecule has 1 fully saturated rings. The number of aromatic nitrogens is 2. The van der Waals surface area contributed by atoms with Crippen LogP contribution in [0.25, 0.3) is 0 Å². The zero-order valence-electron chi connectivity index (χ0n) is 13.1. The predicted octanol–water partition coefficient (Wildman–Crippen LogP) is 2.42. The largest absolute Gasteiger partial charge is 0.350 e. The van der Waals surface area contributed by atoms with E-state index in [0.717, 1.165) is 24.2 Å². The zero-order chi connectivity index (χ0) is 15.7. The molecule has 2 heterocycles. The van der Waals surface area contributed by atoms with Crippen LogP contribution in [-0.4, -0.2) is 40.4 Å². The summed E-state index contributed by atoms with van der Waals surface area (Å²) in [6, 6.07) is 0. The van der Waals surface area contributed by atoms with Crippen molar-refractivity contribution in [3.8, 4) is 0 Å². The number of thioether (sulfide) groups is 1. The monoisotopic (exact) mass is 319 g/mol. The van der Waals surface area contributed by atoms with Crippen molar-refractivity contribution in [2.24, 2.45) is 17.0 Å². The van der Waals surface area contributed by atoms with E-state index in [0.29, 0.717) is 17.4 Å². The van der Waals surface area contributed by atoms with Crippen molar-refractivity contribution in [3.63, 3.8) is 0 Å². The summed E-state index contributed by atoms with van der Waals surface area (Å²) >= 11 is 1.44. The lowest BCUT2D eigenvalue weighted by Crippen LogP contribution is -2.47. The Morgan fingerprint density at radius 2 is 2.14 bits per heavy atom. The van der Waals surface area contributed by atoms with Crippen LogP contribution in [0.1, 0.15) is 48.2 Å². The van der Waals surface area contributed by atoms with E-state index < -0.39 is 0 Å². The minimum atomic E-state index is -0.0967. The molecule has 0 atom stereocenters. The molecule has 7 heteroatoms. The van der Waals surface area contributed by atoms with Gasteiger partial charge in [0.15, 0.2) is 16.7 Å². The van der Waals surface area contributed by atoms with Crippen LogP contribution >= 0.6 is 11.8 Å². The number of carbonyl (C=O) groups is 1. The Bertz CT molecular complexity index is 643. The van der Waals surface area contributed by atoms with E-state index in [4.69, 9.17) is 0 Å². The summed E-state index contributed by atoms with van der Waals surface area (Å²) in [6.45, 7) is 4.25. The number of hydrogen-bond acceptors (Lipinski definition) is 4. The first-order valence-corrected chi connectivity index (χ1v) is 8.79. The fourth-order valence-corrected chi connectivity index (χ4v) is 3.91. The predicted molar refractivity (Wildman–Crippen MR) is 90.5 cm³/mol. The van der Waals surface area contributed by atoms with E-state index in [1.165, 1.54) is 31.0 Å². The van der Waals surface area contributed by atoms with E-state index in [1.807, 2.05) is 13.3 Å². The molecule has 118 valence electrons. The number of fused-ring (bicyclic) bond motifs is 2. The molecule has 0 aromatic carbocycles. The molecule has 1 spiro atoms. The van der Waals surface area contributed by atoms with Crippen LogP contribution in [0.3, 0.4) is 0 Å². The molecule has 3 rings (SSSR count). The van der Waals surface area contributed by atoms with Crippen LogP contribution in [-0.2, 0) is 12.5 Å². The Morgan fingerprint density at radius 1 is 1.41 bits per heavy atom. The van der Waals surface area contributed by atoms with Gasteiger partial charge in [-0.15, -0.1) is 0 Å². The summed E-state index contributed by atoms with van der Waals surface area (Å²) < 4.78 is 1.70. The van der Waals surface area contributed by atoms with Crippen LogP contribution in [0.2, 0.25) is 0 Å². The van der Waals surface area contributed by atoms with Crippen LogP contribution in [0.5, 0.6) is 0 Å². The SMILES string of the molecule is C=N/C(=N\c1c2c(nn1C)C(=O)NCC21CCCCC1)SC. The van der Waals surface area contributed by atoms with Crippen molar-refractivity contribution in [2.75, 3.05) is 12.8 Å².